The van der Waals surface area contributed by atoms with Crippen molar-refractivity contribution in [2.75, 3.05) is 0 Å². The first-order chi connectivity index (χ1) is 8.99. The van der Waals surface area contributed by atoms with Crippen LogP contribution in [-0.4, -0.2) is 5.78 Å². The van der Waals surface area contributed by atoms with Gasteiger partial charge in [0.1, 0.15) is 0 Å². The molecule has 0 aliphatic heterocycles. The molecule has 0 radical (unpaired) electrons. The second-order valence-electron chi connectivity index (χ2n) is 4.28. The van der Waals surface area contributed by atoms with E-state index in [1.165, 1.54) is 0 Å². The minimum Gasteiger partial charge on any atom is -0.294 e. The Labute approximate surface area is 130 Å². The van der Waals surface area contributed by atoms with E-state index in [9.17, 15) is 4.79 Å². The quantitative estimate of drug-likeness (QED) is 0.664. The van der Waals surface area contributed by atoms with E-state index in [1.807, 2.05) is 31.2 Å². The van der Waals surface area contributed by atoms with E-state index >= 15 is 0 Å². The number of ketones is 1. The summed E-state index contributed by atoms with van der Waals surface area (Å²) in [6.45, 7) is 1.96. The van der Waals surface area contributed by atoms with Gasteiger partial charge in [-0.25, -0.2) is 0 Å². The number of rotatable bonds is 3. The summed E-state index contributed by atoms with van der Waals surface area (Å²) in [6, 6.07) is 10.9. The maximum Gasteiger partial charge on any atom is 0.168 e. The maximum atomic E-state index is 12.3. The van der Waals surface area contributed by atoms with Crippen molar-refractivity contribution in [3.63, 3.8) is 0 Å². The summed E-state index contributed by atoms with van der Waals surface area (Å²) < 4.78 is 0.847. The highest BCUT2D eigenvalue weighted by Gasteiger charge is 2.12. The Morgan fingerprint density at radius 1 is 1.16 bits per heavy atom. The fraction of sp³-hybridized carbons (Fsp3) is 0.133. The number of carbonyl (C=O) groups is 1. The minimum absolute atomic E-state index is 0.0500. The molecule has 0 aliphatic rings. The molecule has 0 aromatic heterocycles. The predicted molar refractivity (Wildman–Crippen MR) is 83.4 cm³/mol. The SMILES string of the molecule is Cc1cccc(C(=O)Cc2ccc(Cl)c(Cl)c2)c1Br. The molecule has 0 amide bonds. The van der Waals surface area contributed by atoms with Crippen molar-refractivity contribution in [2.45, 2.75) is 13.3 Å². The molecule has 0 N–H and O–H groups in total. The Bertz CT molecular complexity index is 638. The number of aryl methyl sites for hydroxylation is 1. The Balaban J connectivity index is 2.26. The Hall–Kier alpha value is -0.830. The molecule has 0 saturated heterocycles. The Kier molecular flexibility index (Phi) is 4.67. The zero-order valence-corrected chi connectivity index (χ0v) is 13.3. The third-order valence-corrected chi connectivity index (χ3v) is 4.63. The first-order valence-electron chi connectivity index (χ1n) is 5.71. The van der Waals surface area contributed by atoms with Gasteiger partial charge >= 0.3 is 0 Å². The van der Waals surface area contributed by atoms with E-state index in [4.69, 9.17) is 23.2 Å². The zero-order valence-electron chi connectivity index (χ0n) is 10.2. The van der Waals surface area contributed by atoms with Crippen LogP contribution in [0.5, 0.6) is 0 Å². The number of carbonyl (C=O) groups excluding carboxylic acids is 1. The highest BCUT2D eigenvalue weighted by molar-refractivity contribution is 9.10. The summed E-state index contributed by atoms with van der Waals surface area (Å²) in [5.74, 6) is 0.0500. The fourth-order valence-electron chi connectivity index (χ4n) is 1.79. The van der Waals surface area contributed by atoms with Crippen LogP contribution in [0.25, 0.3) is 0 Å². The molecule has 1 nitrogen and oxygen atoms in total. The third-order valence-electron chi connectivity index (χ3n) is 2.84. The van der Waals surface area contributed by atoms with Gasteiger partial charge in [-0.1, -0.05) is 47.5 Å². The van der Waals surface area contributed by atoms with E-state index in [0.717, 1.165) is 15.6 Å². The Morgan fingerprint density at radius 2 is 1.89 bits per heavy atom. The largest absolute Gasteiger partial charge is 0.294 e. The molecule has 0 fully saturated rings. The lowest BCUT2D eigenvalue weighted by molar-refractivity contribution is 0.0992. The van der Waals surface area contributed by atoms with Gasteiger partial charge in [0.25, 0.3) is 0 Å². The molecule has 0 heterocycles. The molecule has 0 bridgehead atoms. The fourth-order valence-corrected chi connectivity index (χ4v) is 2.60. The third kappa shape index (κ3) is 3.38. The second-order valence-corrected chi connectivity index (χ2v) is 5.89. The van der Waals surface area contributed by atoms with E-state index in [1.54, 1.807) is 12.1 Å². The van der Waals surface area contributed by atoms with Crippen LogP contribution in [0.4, 0.5) is 0 Å². The number of Topliss-reactive ketones (excluding diaryl/α,β-unsaturated/α-hetero) is 1. The van der Waals surface area contributed by atoms with Crippen molar-refractivity contribution in [3.05, 3.63) is 67.6 Å². The van der Waals surface area contributed by atoms with E-state index in [0.29, 0.717) is 22.0 Å². The van der Waals surface area contributed by atoms with Crippen LogP contribution in [0.1, 0.15) is 21.5 Å². The van der Waals surface area contributed by atoms with Crippen molar-refractivity contribution in [3.8, 4) is 0 Å². The van der Waals surface area contributed by atoms with Crippen molar-refractivity contribution < 1.29 is 4.79 Å². The lowest BCUT2D eigenvalue weighted by Gasteiger charge is -2.07. The summed E-state index contributed by atoms with van der Waals surface area (Å²) in [4.78, 5) is 12.3. The standard InChI is InChI=1S/C15H11BrCl2O/c1-9-3-2-4-11(15(9)16)14(19)8-10-5-6-12(17)13(18)7-10/h2-7H,8H2,1H3. The van der Waals surface area contributed by atoms with Crippen LogP contribution in [0.2, 0.25) is 10.0 Å². The molecule has 2 aromatic carbocycles. The summed E-state index contributed by atoms with van der Waals surface area (Å²) in [5.41, 5.74) is 2.58. The van der Waals surface area contributed by atoms with Crippen LogP contribution >= 0.6 is 39.1 Å². The zero-order chi connectivity index (χ0) is 14.0. The maximum absolute atomic E-state index is 12.3. The van der Waals surface area contributed by atoms with Crippen LogP contribution in [0.3, 0.4) is 0 Å². The smallest absolute Gasteiger partial charge is 0.168 e. The molecule has 0 saturated carbocycles. The average molecular weight is 358 g/mol. The van der Waals surface area contributed by atoms with Gasteiger partial charge < -0.3 is 0 Å². The molecular formula is C15H11BrCl2O. The molecule has 4 heteroatoms. The molecular weight excluding hydrogens is 347 g/mol. The average Bonchev–Trinajstić information content (AvgIpc) is 2.37. The molecule has 2 rings (SSSR count). The first kappa shape index (κ1) is 14.6. The Morgan fingerprint density at radius 3 is 2.58 bits per heavy atom. The lowest BCUT2D eigenvalue weighted by Crippen LogP contribution is -2.05. The number of halogens is 3. The summed E-state index contributed by atoms with van der Waals surface area (Å²) in [7, 11) is 0. The van der Waals surface area contributed by atoms with Crippen molar-refractivity contribution in [2.24, 2.45) is 0 Å². The molecule has 2 aromatic rings. The van der Waals surface area contributed by atoms with Crippen LogP contribution in [-0.2, 0) is 6.42 Å². The summed E-state index contributed by atoms with van der Waals surface area (Å²) >= 11 is 15.3. The van der Waals surface area contributed by atoms with Crippen molar-refractivity contribution >= 4 is 44.9 Å². The summed E-state index contributed by atoms with van der Waals surface area (Å²) in [5, 5.41) is 0.963. The highest BCUT2D eigenvalue weighted by Crippen LogP contribution is 2.25. The van der Waals surface area contributed by atoms with Gasteiger partial charge in [-0.2, -0.15) is 0 Å². The molecule has 0 unspecified atom stereocenters. The van der Waals surface area contributed by atoms with E-state index < -0.39 is 0 Å². The van der Waals surface area contributed by atoms with Gasteiger partial charge in [-0.05, 0) is 46.1 Å². The number of hydrogen-bond donors (Lipinski definition) is 0. The molecule has 0 spiro atoms. The van der Waals surface area contributed by atoms with Gasteiger partial charge in [0, 0.05) is 16.5 Å². The van der Waals surface area contributed by atoms with E-state index in [-0.39, 0.29) is 5.78 Å². The topological polar surface area (TPSA) is 17.1 Å². The molecule has 0 atom stereocenters. The van der Waals surface area contributed by atoms with Gasteiger partial charge in [-0.3, -0.25) is 4.79 Å². The minimum atomic E-state index is 0.0500. The molecule has 0 aliphatic carbocycles. The lowest BCUT2D eigenvalue weighted by atomic mass is 10.0. The van der Waals surface area contributed by atoms with Gasteiger partial charge in [0.15, 0.2) is 5.78 Å². The molecule has 19 heavy (non-hydrogen) atoms. The van der Waals surface area contributed by atoms with Crippen LogP contribution in [0.15, 0.2) is 40.9 Å². The predicted octanol–water partition coefficient (Wildman–Crippen LogP) is 5.49. The second kappa shape index (κ2) is 6.08. The van der Waals surface area contributed by atoms with Gasteiger partial charge in [-0.15, -0.1) is 0 Å². The van der Waals surface area contributed by atoms with Crippen LogP contribution < -0.4 is 0 Å². The number of hydrogen-bond acceptors (Lipinski definition) is 1. The molecule has 98 valence electrons. The normalized spacial score (nSPS) is 10.5. The highest BCUT2D eigenvalue weighted by atomic mass is 79.9. The van der Waals surface area contributed by atoms with Crippen molar-refractivity contribution in [1.82, 2.24) is 0 Å². The first-order valence-corrected chi connectivity index (χ1v) is 7.26. The monoisotopic (exact) mass is 356 g/mol. The van der Waals surface area contributed by atoms with Crippen molar-refractivity contribution in [1.29, 1.82) is 0 Å². The van der Waals surface area contributed by atoms with Gasteiger partial charge in [0.05, 0.1) is 10.0 Å². The number of benzene rings is 2. The van der Waals surface area contributed by atoms with E-state index in [2.05, 4.69) is 15.9 Å². The van der Waals surface area contributed by atoms with Gasteiger partial charge in [0.2, 0.25) is 0 Å². The van der Waals surface area contributed by atoms with Crippen LogP contribution in [0, 0.1) is 6.92 Å². The summed E-state index contributed by atoms with van der Waals surface area (Å²) in [6.07, 6.45) is 0.305.